The van der Waals surface area contributed by atoms with Gasteiger partial charge in [-0.25, -0.2) is 0 Å². The SMILES string of the molecule is Cc1cc(C(=O)N(C)C2CCCCC2)on1. The minimum Gasteiger partial charge on any atom is -0.351 e. The molecule has 4 heteroatoms. The Morgan fingerprint density at radius 1 is 1.44 bits per heavy atom. The van der Waals surface area contributed by atoms with E-state index in [1.807, 2.05) is 14.0 Å². The molecule has 4 nitrogen and oxygen atoms in total. The van der Waals surface area contributed by atoms with Crippen LogP contribution in [0.25, 0.3) is 0 Å². The molecule has 88 valence electrons. The van der Waals surface area contributed by atoms with Gasteiger partial charge in [-0.15, -0.1) is 0 Å². The molecule has 0 aromatic carbocycles. The van der Waals surface area contributed by atoms with Crippen molar-refractivity contribution in [3.63, 3.8) is 0 Å². The smallest absolute Gasteiger partial charge is 0.292 e. The van der Waals surface area contributed by atoms with Crippen molar-refractivity contribution in [2.24, 2.45) is 0 Å². The summed E-state index contributed by atoms with van der Waals surface area (Å²) in [6.45, 7) is 1.82. The standard InChI is InChI=1S/C12H18N2O2/c1-9-8-11(16-13-9)12(15)14(2)10-6-4-3-5-7-10/h8,10H,3-7H2,1-2H3. The van der Waals surface area contributed by atoms with Gasteiger partial charge in [0.2, 0.25) is 5.76 Å². The molecule has 0 N–H and O–H groups in total. The molecule has 1 aliphatic rings. The Hall–Kier alpha value is -1.32. The third-order valence-electron chi connectivity index (χ3n) is 3.28. The Labute approximate surface area is 95.6 Å². The third-order valence-corrected chi connectivity index (χ3v) is 3.28. The highest BCUT2D eigenvalue weighted by atomic mass is 16.5. The maximum absolute atomic E-state index is 12.0. The van der Waals surface area contributed by atoms with Gasteiger partial charge in [-0.1, -0.05) is 24.4 Å². The van der Waals surface area contributed by atoms with Gasteiger partial charge in [-0.05, 0) is 19.8 Å². The molecule has 0 spiro atoms. The molecule has 1 saturated carbocycles. The Kier molecular flexibility index (Phi) is 3.27. The average molecular weight is 222 g/mol. The number of rotatable bonds is 2. The molecule has 0 atom stereocenters. The van der Waals surface area contributed by atoms with Crippen molar-refractivity contribution in [1.82, 2.24) is 10.1 Å². The molecular formula is C12H18N2O2. The summed E-state index contributed by atoms with van der Waals surface area (Å²) in [5.74, 6) is 0.304. The van der Waals surface area contributed by atoms with E-state index in [9.17, 15) is 4.79 Å². The van der Waals surface area contributed by atoms with Crippen molar-refractivity contribution in [3.8, 4) is 0 Å². The van der Waals surface area contributed by atoms with Gasteiger partial charge >= 0.3 is 0 Å². The van der Waals surface area contributed by atoms with Crippen LogP contribution in [0.3, 0.4) is 0 Å². The molecular weight excluding hydrogens is 204 g/mol. The zero-order valence-electron chi connectivity index (χ0n) is 9.90. The molecule has 1 amide bonds. The van der Waals surface area contributed by atoms with Gasteiger partial charge in [0.15, 0.2) is 0 Å². The first-order valence-electron chi connectivity index (χ1n) is 5.89. The van der Waals surface area contributed by atoms with Crippen LogP contribution in [0.2, 0.25) is 0 Å². The van der Waals surface area contributed by atoms with Crippen molar-refractivity contribution < 1.29 is 9.32 Å². The average Bonchev–Trinajstić information content (AvgIpc) is 2.75. The molecule has 1 aliphatic carbocycles. The second-order valence-corrected chi connectivity index (χ2v) is 4.54. The summed E-state index contributed by atoms with van der Waals surface area (Å²) in [7, 11) is 1.86. The molecule has 1 fully saturated rings. The predicted molar refractivity (Wildman–Crippen MR) is 60.2 cm³/mol. The lowest BCUT2D eigenvalue weighted by atomic mass is 9.94. The summed E-state index contributed by atoms with van der Waals surface area (Å²) < 4.78 is 5.00. The van der Waals surface area contributed by atoms with E-state index in [1.54, 1.807) is 11.0 Å². The van der Waals surface area contributed by atoms with Crippen LogP contribution < -0.4 is 0 Å². The molecule has 1 aromatic heterocycles. The second-order valence-electron chi connectivity index (χ2n) is 4.54. The fourth-order valence-corrected chi connectivity index (χ4v) is 2.27. The van der Waals surface area contributed by atoms with Gasteiger partial charge in [-0.3, -0.25) is 4.79 Å². The molecule has 2 rings (SSSR count). The van der Waals surface area contributed by atoms with Crippen LogP contribution in [-0.2, 0) is 0 Å². The normalized spacial score (nSPS) is 17.4. The van der Waals surface area contributed by atoms with E-state index in [2.05, 4.69) is 5.16 Å². The summed E-state index contributed by atoms with van der Waals surface area (Å²) in [5, 5.41) is 3.74. The second kappa shape index (κ2) is 4.68. The number of carbonyl (C=O) groups is 1. The van der Waals surface area contributed by atoms with E-state index in [0.29, 0.717) is 11.8 Å². The monoisotopic (exact) mass is 222 g/mol. The number of hydrogen-bond donors (Lipinski definition) is 0. The number of aryl methyl sites for hydroxylation is 1. The summed E-state index contributed by atoms with van der Waals surface area (Å²) in [6, 6.07) is 2.06. The first-order chi connectivity index (χ1) is 7.68. The van der Waals surface area contributed by atoms with E-state index >= 15 is 0 Å². The van der Waals surface area contributed by atoms with Crippen molar-refractivity contribution in [1.29, 1.82) is 0 Å². The highest BCUT2D eigenvalue weighted by Gasteiger charge is 2.25. The highest BCUT2D eigenvalue weighted by Crippen LogP contribution is 2.22. The van der Waals surface area contributed by atoms with Crippen LogP contribution in [0.4, 0.5) is 0 Å². The van der Waals surface area contributed by atoms with E-state index in [-0.39, 0.29) is 5.91 Å². The van der Waals surface area contributed by atoms with E-state index in [0.717, 1.165) is 18.5 Å². The minimum absolute atomic E-state index is 0.0486. The van der Waals surface area contributed by atoms with Gasteiger partial charge in [-0.2, -0.15) is 0 Å². The molecule has 0 aliphatic heterocycles. The maximum atomic E-state index is 12.0. The predicted octanol–water partition coefficient (Wildman–Crippen LogP) is 2.39. The van der Waals surface area contributed by atoms with Gasteiger partial charge in [0.1, 0.15) is 0 Å². The molecule has 16 heavy (non-hydrogen) atoms. The summed E-state index contributed by atoms with van der Waals surface area (Å²) in [5.41, 5.74) is 0.750. The summed E-state index contributed by atoms with van der Waals surface area (Å²) in [6.07, 6.45) is 5.94. The minimum atomic E-state index is -0.0486. The molecule has 0 bridgehead atoms. The zero-order valence-corrected chi connectivity index (χ0v) is 9.90. The summed E-state index contributed by atoms with van der Waals surface area (Å²) in [4.78, 5) is 13.9. The lowest BCUT2D eigenvalue weighted by molar-refractivity contribution is 0.0654. The number of aromatic nitrogens is 1. The van der Waals surface area contributed by atoms with Crippen LogP contribution in [-0.4, -0.2) is 29.1 Å². The molecule has 0 radical (unpaired) electrons. The van der Waals surface area contributed by atoms with Crippen LogP contribution in [0.15, 0.2) is 10.6 Å². The number of amides is 1. The van der Waals surface area contributed by atoms with Crippen molar-refractivity contribution >= 4 is 5.91 Å². The largest absolute Gasteiger partial charge is 0.351 e. The van der Waals surface area contributed by atoms with Crippen molar-refractivity contribution in [2.45, 2.75) is 45.1 Å². The maximum Gasteiger partial charge on any atom is 0.292 e. The fraction of sp³-hybridized carbons (Fsp3) is 0.667. The lowest BCUT2D eigenvalue weighted by Crippen LogP contribution is -2.38. The molecule has 0 unspecified atom stereocenters. The first kappa shape index (κ1) is 11.2. The number of carbonyl (C=O) groups excluding carboxylic acids is 1. The lowest BCUT2D eigenvalue weighted by Gasteiger charge is -2.30. The Bertz CT molecular complexity index is 367. The molecule has 1 aromatic rings. The third kappa shape index (κ3) is 2.26. The fourth-order valence-electron chi connectivity index (χ4n) is 2.27. The topological polar surface area (TPSA) is 46.3 Å². The Balaban J connectivity index is 2.03. The van der Waals surface area contributed by atoms with E-state index < -0.39 is 0 Å². The zero-order chi connectivity index (χ0) is 11.5. The number of hydrogen-bond acceptors (Lipinski definition) is 3. The quantitative estimate of drug-likeness (QED) is 0.771. The van der Waals surface area contributed by atoms with Crippen LogP contribution in [0.5, 0.6) is 0 Å². The van der Waals surface area contributed by atoms with Gasteiger partial charge < -0.3 is 9.42 Å². The van der Waals surface area contributed by atoms with Crippen LogP contribution >= 0.6 is 0 Å². The number of nitrogens with zero attached hydrogens (tertiary/aromatic N) is 2. The Morgan fingerprint density at radius 2 is 2.12 bits per heavy atom. The highest BCUT2D eigenvalue weighted by molar-refractivity contribution is 5.91. The summed E-state index contributed by atoms with van der Waals surface area (Å²) >= 11 is 0. The first-order valence-corrected chi connectivity index (χ1v) is 5.89. The van der Waals surface area contributed by atoms with Gasteiger partial charge in [0, 0.05) is 19.2 Å². The van der Waals surface area contributed by atoms with Gasteiger partial charge in [0.25, 0.3) is 5.91 Å². The molecule has 1 heterocycles. The van der Waals surface area contributed by atoms with E-state index in [4.69, 9.17) is 4.52 Å². The van der Waals surface area contributed by atoms with Crippen molar-refractivity contribution in [2.75, 3.05) is 7.05 Å². The van der Waals surface area contributed by atoms with Crippen LogP contribution in [0.1, 0.15) is 48.4 Å². The Morgan fingerprint density at radius 3 is 2.69 bits per heavy atom. The molecule has 0 saturated heterocycles. The van der Waals surface area contributed by atoms with Gasteiger partial charge in [0.05, 0.1) is 5.69 Å². The van der Waals surface area contributed by atoms with E-state index in [1.165, 1.54) is 19.3 Å². The van der Waals surface area contributed by atoms with Crippen molar-refractivity contribution in [3.05, 3.63) is 17.5 Å². The van der Waals surface area contributed by atoms with Crippen LogP contribution in [0, 0.1) is 6.92 Å².